The van der Waals surface area contributed by atoms with Gasteiger partial charge in [-0.2, -0.15) is 0 Å². The molecule has 2 aliphatic rings. The Hall–Kier alpha value is -2.26. The number of aromatic nitrogens is 1. The van der Waals surface area contributed by atoms with Gasteiger partial charge in [0.2, 0.25) is 0 Å². The highest BCUT2D eigenvalue weighted by molar-refractivity contribution is 5.85. The number of H-pyrrole nitrogens is 1. The highest BCUT2D eigenvalue weighted by atomic mass is 16.5. The maximum absolute atomic E-state index is 5.56. The molecule has 140 valence electrons. The smallest absolute Gasteiger partial charge is 0.119 e. The summed E-state index contributed by atoms with van der Waals surface area (Å²) in [5.41, 5.74) is 7.25. The van der Waals surface area contributed by atoms with E-state index in [9.17, 15) is 0 Å². The van der Waals surface area contributed by atoms with E-state index in [1.165, 1.54) is 34.1 Å². The normalized spacial score (nSPS) is 25.2. The number of piperidine rings is 1. The predicted octanol–water partition coefficient (Wildman–Crippen LogP) is 4.47. The van der Waals surface area contributed by atoms with Crippen molar-refractivity contribution < 1.29 is 4.74 Å². The van der Waals surface area contributed by atoms with Crippen LogP contribution < -0.4 is 4.74 Å². The maximum atomic E-state index is 5.56. The van der Waals surface area contributed by atoms with Crippen LogP contribution in [0.15, 0.2) is 42.5 Å². The van der Waals surface area contributed by atoms with Gasteiger partial charge in [-0.15, -0.1) is 0 Å². The average Bonchev–Trinajstić information content (AvgIpc) is 3.02. The number of rotatable bonds is 2. The number of likely N-dealkylation sites (tertiary alicyclic amines) is 1. The molecule has 1 fully saturated rings. The Morgan fingerprint density at radius 1 is 1.19 bits per heavy atom. The Balaban J connectivity index is 1.66. The lowest BCUT2D eigenvalue weighted by Gasteiger charge is -2.50. The number of hydrogen-bond acceptors (Lipinski definition) is 2. The third-order valence-corrected chi connectivity index (χ3v) is 6.99. The summed E-state index contributed by atoms with van der Waals surface area (Å²) in [6.07, 6.45) is 3.46. The number of ether oxygens (including phenoxy) is 1. The van der Waals surface area contributed by atoms with Crippen molar-refractivity contribution in [1.29, 1.82) is 0 Å². The minimum atomic E-state index is 0.198. The van der Waals surface area contributed by atoms with Crippen LogP contribution in [0.2, 0.25) is 0 Å². The monoisotopic (exact) mass is 360 g/mol. The van der Waals surface area contributed by atoms with Gasteiger partial charge in [0.15, 0.2) is 0 Å². The standard InChI is InChI=1S/C24H28N2O/c1-16-7-8-20-21-13-18-15-26(2)10-9-24(18,14-23(21)25-22(20)11-16)17-5-4-6-19(12-17)27-3/h4-8,11-12,18,25H,9-10,13-15H2,1-3H3/t18?,24-/m1/s1. The fraction of sp³-hybridized carbons (Fsp3) is 0.417. The quantitative estimate of drug-likeness (QED) is 0.730. The summed E-state index contributed by atoms with van der Waals surface area (Å²) in [7, 11) is 4.03. The summed E-state index contributed by atoms with van der Waals surface area (Å²) in [5, 5.41) is 1.42. The maximum Gasteiger partial charge on any atom is 0.119 e. The van der Waals surface area contributed by atoms with Crippen molar-refractivity contribution in [2.75, 3.05) is 27.2 Å². The zero-order valence-corrected chi connectivity index (χ0v) is 16.5. The number of nitrogens with one attached hydrogen (secondary N) is 1. The van der Waals surface area contributed by atoms with E-state index < -0.39 is 0 Å². The van der Waals surface area contributed by atoms with Crippen LogP contribution in [0.1, 0.15) is 28.8 Å². The van der Waals surface area contributed by atoms with E-state index in [1.807, 2.05) is 0 Å². The highest BCUT2D eigenvalue weighted by Gasteiger charge is 2.47. The molecule has 3 nitrogen and oxygen atoms in total. The molecule has 1 N–H and O–H groups in total. The van der Waals surface area contributed by atoms with Gasteiger partial charge < -0.3 is 14.6 Å². The summed E-state index contributed by atoms with van der Waals surface area (Å²) in [5.74, 6) is 1.61. The fourth-order valence-electron chi connectivity index (χ4n) is 5.52. The molecular weight excluding hydrogens is 332 g/mol. The molecule has 1 saturated heterocycles. The van der Waals surface area contributed by atoms with Crippen LogP contribution >= 0.6 is 0 Å². The second-order valence-corrected chi connectivity index (χ2v) is 8.61. The minimum Gasteiger partial charge on any atom is -0.497 e. The third-order valence-electron chi connectivity index (χ3n) is 6.99. The summed E-state index contributed by atoms with van der Waals surface area (Å²) in [6, 6.07) is 15.7. The van der Waals surface area contributed by atoms with Crippen LogP contribution in [0.25, 0.3) is 10.9 Å². The summed E-state index contributed by atoms with van der Waals surface area (Å²) in [4.78, 5) is 6.29. The molecule has 0 saturated carbocycles. The Morgan fingerprint density at radius 3 is 2.93 bits per heavy atom. The van der Waals surface area contributed by atoms with Gasteiger partial charge in [-0.05, 0) is 80.6 Å². The molecular formula is C24H28N2O. The molecule has 0 spiro atoms. The number of methoxy groups -OCH3 is 1. The zero-order chi connectivity index (χ0) is 18.6. The second-order valence-electron chi connectivity index (χ2n) is 8.61. The minimum absolute atomic E-state index is 0.198. The van der Waals surface area contributed by atoms with Crippen LogP contribution in [0, 0.1) is 12.8 Å². The summed E-state index contributed by atoms with van der Waals surface area (Å²) < 4.78 is 5.56. The van der Waals surface area contributed by atoms with Crippen molar-refractivity contribution in [2.45, 2.75) is 31.6 Å². The van der Waals surface area contributed by atoms with Crippen molar-refractivity contribution in [3.63, 3.8) is 0 Å². The zero-order valence-electron chi connectivity index (χ0n) is 16.5. The van der Waals surface area contributed by atoms with Gasteiger partial charge in [-0.1, -0.05) is 24.3 Å². The van der Waals surface area contributed by atoms with Crippen molar-refractivity contribution in [3.8, 4) is 5.75 Å². The molecule has 0 bridgehead atoms. The molecule has 27 heavy (non-hydrogen) atoms. The van der Waals surface area contributed by atoms with Crippen molar-refractivity contribution in [1.82, 2.24) is 9.88 Å². The van der Waals surface area contributed by atoms with Crippen molar-refractivity contribution in [2.24, 2.45) is 5.92 Å². The first kappa shape index (κ1) is 16.9. The molecule has 0 radical (unpaired) electrons. The van der Waals surface area contributed by atoms with Crippen LogP contribution in [-0.4, -0.2) is 37.1 Å². The Kier molecular flexibility index (Phi) is 3.83. The lowest BCUT2D eigenvalue weighted by molar-refractivity contribution is 0.0994. The summed E-state index contributed by atoms with van der Waals surface area (Å²) >= 11 is 0. The van der Waals surface area contributed by atoms with Crippen LogP contribution in [0.3, 0.4) is 0 Å². The highest BCUT2D eigenvalue weighted by Crippen LogP contribution is 2.49. The van der Waals surface area contributed by atoms with Gasteiger partial charge in [0.1, 0.15) is 5.75 Å². The lowest BCUT2D eigenvalue weighted by atomic mass is 9.59. The molecule has 1 aromatic heterocycles. The first-order chi connectivity index (χ1) is 13.1. The number of aryl methyl sites for hydroxylation is 1. The van der Waals surface area contributed by atoms with Gasteiger partial charge in [-0.25, -0.2) is 0 Å². The van der Waals surface area contributed by atoms with Gasteiger partial charge in [0.05, 0.1) is 7.11 Å². The van der Waals surface area contributed by atoms with E-state index >= 15 is 0 Å². The molecule has 3 heteroatoms. The van der Waals surface area contributed by atoms with Crippen LogP contribution in [-0.2, 0) is 18.3 Å². The molecule has 3 aromatic rings. The molecule has 5 rings (SSSR count). The fourth-order valence-corrected chi connectivity index (χ4v) is 5.52. The van der Waals surface area contributed by atoms with E-state index in [0.717, 1.165) is 31.7 Å². The first-order valence-electron chi connectivity index (χ1n) is 10.0. The first-order valence-corrected chi connectivity index (χ1v) is 10.0. The Bertz CT molecular complexity index is 1000. The average molecular weight is 361 g/mol. The topological polar surface area (TPSA) is 28.3 Å². The Labute approximate surface area is 161 Å². The third kappa shape index (κ3) is 2.60. The SMILES string of the molecule is COc1cccc([C@]23CCN(C)CC2Cc2c([nH]c4cc(C)ccc24)C3)c1. The molecule has 1 aliphatic heterocycles. The van der Waals surface area contributed by atoms with Crippen molar-refractivity contribution >= 4 is 10.9 Å². The van der Waals surface area contributed by atoms with Gasteiger partial charge in [0.25, 0.3) is 0 Å². The van der Waals surface area contributed by atoms with Gasteiger partial charge in [-0.3, -0.25) is 0 Å². The van der Waals surface area contributed by atoms with Crippen LogP contribution in [0.4, 0.5) is 0 Å². The Morgan fingerprint density at radius 2 is 2.07 bits per heavy atom. The number of nitrogens with zero attached hydrogens (tertiary/aromatic N) is 1. The van der Waals surface area contributed by atoms with E-state index in [0.29, 0.717) is 5.92 Å². The van der Waals surface area contributed by atoms with E-state index in [2.05, 4.69) is 66.3 Å². The lowest BCUT2D eigenvalue weighted by Crippen LogP contribution is -2.52. The molecule has 2 atom stereocenters. The molecule has 2 heterocycles. The predicted molar refractivity (Wildman–Crippen MR) is 111 cm³/mol. The molecule has 0 amide bonds. The molecule has 2 aromatic carbocycles. The van der Waals surface area contributed by atoms with Gasteiger partial charge in [0, 0.05) is 28.6 Å². The molecule has 1 aliphatic carbocycles. The number of benzene rings is 2. The number of hydrogen-bond donors (Lipinski definition) is 1. The van der Waals surface area contributed by atoms with Crippen molar-refractivity contribution in [3.05, 3.63) is 64.8 Å². The number of fused-ring (bicyclic) bond motifs is 4. The van der Waals surface area contributed by atoms with Gasteiger partial charge >= 0.3 is 0 Å². The molecule has 1 unspecified atom stereocenters. The van der Waals surface area contributed by atoms with E-state index in [-0.39, 0.29) is 5.41 Å². The largest absolute Gasteiger partial charge is 0.497 e. The van der Waals surface area contributed by atoms with E-state index in [1.54, 1.807) is 12.7 Å². The number of aromatic amines is 1. The summed E-state index contributed by atoms with van der Waals surface area (Å²) in [6.45, 7) is 4.49. The van der Waals surface area contributed by atoms with Crippen LogP contribution in [0.5, 0.6) is 5.75 Å². The second kappa shape index (κ2) is 6.13. The van der Waals surface area contributed by atoms with E-state index in [4.69, 9.17) is 4.74 Å².